The first-order valence-electron chi connectivity index (χ1n) is 11.2. The van der Waals surface area contributed by atoms with Crippen LogP contribution in [-0.4, -0.2) is 51.5 Å². The summed E-state index contributed by atoms with van der Waals surface area (Å²) in [6.07, 6.45) is 2.62. The second kappa shape index (κ2) is 10.1. The molecule has 0 saturated carbocycles. The molecule has 1 saturated heterocycles. The Morgan fingerprint density at radius 3 is 2.69 bits per heavy atom. The first-order chi connectivity index (χ1) is 16.7. The third-order valence-corrected chi connectivity index (χ3v) is 8.48. The lowest BCUT2D eigenvalue weighted by Gasteiger charge is -2.21. The molecule has 8 nitrogen and oxygen atoms in total. The van der Waals surface area contributed by atoms with E-state index in [0.29, 0.717) is 38.6 Å². The van der Waals surface area contributed by atoms with Gasteiger partial charge in [-0.25, -0.2) is 13.5 Å². The topological polar surface area (TPSA) is 97.2 Å². The van der Waals surface area contributed by atoms with E-state index in [4.69, 9.17) is 11.6 Å². The number of rotatable bonds is 7. The summed E-state index contributed by atoms with van der Waals surface area (Å²) in [7, 11) is 0.739. The Labute approximate surface area is 211 Å². The maximum atomic E-state index is 13.2. The predicted molar refractivity (Wildman–Crippen MR) is 144 cm³/mol. The number of nitrogens with one attached hydrogen (secondary N) is 2. The van der Waals surface area contributed by atoms with Gasteiger partial charge in [0.2, 0.25) is 5.95 Å². The number of para-hydroxylation sites is 1. The number of aromatic nitrogens is 2. The maximum Gasteiger partial charge on any atom is 0.229 e. The number of hydrogen-bond acceptors (Lipinski definition) is 7. The van der Waals surface area contributed by atoms with Gasteiger partial charge in [-0.15, -0.1) is 0 Å². The van der Waals surface area contributed by atoms with Crippen LogP contribution in [0, 0.1) is 17.2 Å². The van der Waals surface area contributed by atoms with Gasteiger partial charge in [-0.1, -0.05) is 30.7 Å². The summed E-state index contributed by atoms with van der Waals surface area (Å²) >= 11 is 6.37. The van der Waals surface area contributed by atoms with Crippen LogP contribution in [0.4, 0.5) is 28.8 Å². The van der Waals surface area contributed by atoms with Crippen LogP contribution >= 0.6 is 11.6 Å². The van der Waals surface area contributed by atoms with Crippen molar-refractivity contribution < 1.29 is 4.21 Å². The molecule has 35 heavy (non-hydrogen) atoms. The SMILES string of the molecule is C=S(=O)(c1ccccc1Nc1nc(Nc2ccc(N3CCC(C)C3)cc2C#N)ncc1Cl)N(C)C. The van der Waals surface area contributed by atoms with E-state index >= 15 is 0 Å². The Bertz CT molecular complexity index is 1380. The molecular formula is C25H28ClN7OS. The van der Waals surface area contributed by atoms with Crippen molar-refractivity contribution in [3.63, 3.8) is 0 Å². The summed E-state index contributed by atoms with van der Waals surface area (Å²) in [5, 5.41) is 16.3. The molecule has 0 amide bonds. The standard InChI is InChI=1S/C25H28ClN7OS/c1-17-11-12-33(16-17)19-9-10-21(18(13-19)14-27)30-25-28-15-20(26)24(31-25)29-22-7-5-6-8-23(22)35(4,34)32(2)3/h5-10,13,15,17H,4,11-12,16H2,1-3H3,(H2,28,29,30,31). The average molecular weight is 510 g/mol. The Kier molecular flexibility index (Phi) is 7.17. The van der Waals surface area contributed by atoms with Gasteiger partial charge in [0, 0.05) is 18.8 Å². The highest BCUT2D eigenvalue weighted by molar-refractivity contribution is 7.98. The minimum Gasteiger partial charge on any atom is -0.371 e. The van der Waals surface area contributed by atoms with Crippen molar-refractivity contribution >= 4 is 56.0 Å². The van der Waals surface area contributed by atoms with Crippen molar-refractivity contribution in [3.05, 3.63) is 59.2 Å². The molecule has 0 aliphatic carbocycles. The van der Waals surface area contributed by atoms with Crippen LogP contribution in [0.25, 0.3) is 0 Å². The molecule has 2 heterocycles. The molecule has 3 aromatic rings. The van der Waals surface area contributed by atoms with Crippen LogP contribution in [0.5, 0.6) is 0 Å². The van der Waals surface area contributed by atoms with Gasteiger partial charge in [0.05, 0.1) is 37.7 Å². The van der Waals surface area contributed by atoms with E-state index < -0.39 is 9.71 Å². The van der Waals surface area contributed by atoms with Crippen LogP contribution in [0.2, 0.25) is 5.02 Å². The van der Waals surface area contributed by atoms with Gasteiger partial charge in [-0.05, 0) is 62.6 Å². The molecule has 1 fully saturated rings. The summed E-state index contributed by atoms with van der Waals surface area (Å²) < 4.78 is 14.7. The molecule has 1 aliphatic rings. The third-order valence-electron chi connectivity index (χ3n) is 5.98. The minimum absolute atomic E-state index is 0.274. The van der Waals surface area contributed by atoms with Crippen LogP contribution in [-0.2, 0) is 9.71 Å². The summed E-state index contributed by atoms with van der Waals surface area (Å²) in [5.41, 5.74) is 2.72. The lowest BCUT2D eigenvalue weighted by molar-refractivity contribution is 0.599. The molecule has 2 atom stereocenters. The fourth-order valence-electron chi connectivity index (χ4n) is 3.91. The van der Waals surface area contributed by atoms with Gasteiger partial charge >= 0.3 is 0 Å². The molecule has 0 bridgehead atoms. The summed E-state index contributed by atoms with van der Waals surface area (Å²) in [6.45, 7) is 4.21. The van der Waals surface area contributed by atoms with Crippen molar-refractivity contribution in [3.8, 4) is 6.07 Å². The highest BCUT2D eigenvalue weighted by Gasteiger charge is 2.20. The predicted octanol–water partition coefficient (Wildman–Crippen LogP) is 4.89. The molecule has 2 aromatic carbocycles. The normalized spacial score (nSPS) is 17.1. The molecule has 2 N–H and O–H groups in total. The van der Waals surface area contributed by atoms with E-state index in [2.05, 4.69) is 44.4 Å². The molecule has 182 valence electrons. The van der Waals surface area contributed by atoms with E-state index in [1.54, 1.807) is 36.6 Å². The van der Waals surface area contributed by atoms with Crippen LogP contribution in [0.15, 0.2) is 53.6 Å². The van der Waals surface area contributed by atoms with Crippen molar-refractivity contribution in [2.45, 2.75) is 18.2 Å². The zero-order valence-electron chi connectivity index (χ0n) is 20.0. The Balaban J connectivity index is 1.61. The summed E-state index contributed by atoms with van der Waals surface area (Å²) in [5.74, 6) is 5.16. The van der Waals surface area contributed by atoms with Gasteiger partial charge in [0.1, 0.15) is 11.1 Å². The number of nitrogens with zero attached hydrogens (tertiary/aromatic N) is 5. The molecule has 4 rings (SSSR count). The molecule has 0 radical (unpaired) electrons. The van der Waals surface area contributed by atoms with E-state index in [0.717, 1.165) is 25.2 Å². The van der Waals surface area contributed by atoms with E-state index in [9.17, 15) is 9.47 Å². The Morgan fingerprint density at radius 1 is 1.23 bits per heavy atom. The molecule has 1 aliphatic heterocycles. The number of benzene rings is 2. The Morgan fingerprint density at radius 2 is 2.00 bits per heavy atom. The van der Waals surface area contributed by atoms with Crippen molar-refractivity contribution in [2.75, 3.05) is 42.7 Å². The van der Waals surface area contributed by atoms with E-state index in [-0.39, 0.29) is 5.95 Å². The molecule has 10 heteroatoms. The number of anilines is 5. The van der Waals surface area contributed by atoms with Crippen molar-refractivity contribution in [1.82, 2.24) is 14.3 Å². The molecule has 0 spiro atoms. The van der Waals surface area contributed by atoms with E-state index in [1.807, 2.05) is 24.3 Å². The minimum atomic E-state index is -2.69. The zero-order valence-corrected chi connectivity index (χ0v) is 21.5. The summed E-state index contributed by atoms with van der Waals surface area (Å²) in [4.78, 5) is 11.6. The largest absolute Gasteiger partial charge is 0.371 e. The van der Waals surface area contributed by atoms with Gasteiger partial charge in [0.15, 0.2) is 5.82 Å². The molecular weight excluding hydrogens is 482 g/mol. The highest BCUT2D eigenvalue weighted by atomic mass is 35.5. The lowest BCUT2D eigenvalue weighted by Crippen LogP contribution is -2.22. The molecule has 1 aromatic heterocycles. The monoisotopic (exact) mass is 509 g/mol. The van der Waals surface area contributed by atoms with Gasteiger partial charge < -0.3 is 15.5 Å². The number of hydrogen-bond donors (Lipinski definition) is 2. The molecule has 2 unspecified atom stereocenters. The van der Waals surface area contributed by atoms with E-state index in [1.165, 1.54) is 6.20 Å². The second-order valence-corrected chi connectivity index (χ2v) is 11.6. The second-order valence-electron chi connectivity index (χ2n) is 8.77. The number of halogens is 1. The fourth-order valence-corrected chi connectivity index (χ4v) is 5.19. The number of nitriles is 1. The first kappa shape index (κ1) is 24.8. The van der Waals surface area contributed by atoms with Crippen LogP contribution in [0.3, 0.4) is 0 Å². The quantitative estimate of drug-likeness (QED) is 0.438. The van der Waals surface area contributed by atoms with Gasteiger partial charge in [-0.2, -0.15) is 10.2 Å². The average Bonchev–Trinajstić information content (AvgIpc) is 3.28. The lowest BCUT2D eigenvalue weighted by atomic mass is 10.1. The summed E-state index contributed by atoms with van der Waals surface area (Å²) in [6, 6.07) is 15.2. The van der Waals surface area contributed by atoms with Crippen molar-refractivity contribution in [1.29, 1.82) is 5.26 Å². The first-order valence-corrected chi connectivity index (χ1v) is 13.2. The van der Waals surface area contributed by atoms with Gasteiger partial charge in [-0.3, -0.25) is 0 Å². The maximum absolute atomic E-state index is 13.2. The van der Waals surface area contributed by atoms with Gasteiger partial charge in [0.25, 0.3) is 0 Å². The van der Waals surface area contributed by atoms with Crippen molar-refractivity contribution in [2.24, 2.45) is 5.92 Å². The Hall–Kier alpha value is -3.32. The third kappa shape index (κ3) is 5.35. The smallest absolute Gasteiger partial charge is 0.229 e. The fraction of sp³-hybridized carbons (Fsp3) is 0.280. The van der Waals surface area contributed by atoms with Crippen LogP contribution < -0.4 is 15.5 Å². The highest BCUT2D eigenvalue weighted by Crippen LogP contribution is 2.31. The van der Waals surface area contributed by atoms with Crippen LogP contribution in [0.1, 0.15) is 18.9 Å². The zero-order chi connectivity index (χ0) is 25.2.